The summed E-state index contributed by atoms with van der Waals surface area (Å²) in [4.78, 5) is 23.1. The second-order valence-electron chi connectivity index (χ2n) is 19.9. The number of phosphoric ester groups is 1. The Hall–Kier alpha value is -3.36. The number of quaternary nitrogens is 1. The van der Waals surface area contributed by atoms with Crippen LogP contribution >= 0.6 is 7.82 Å². The third kappa shape index (κ3) is 59.4. The van der Waals surface area contributed by atoms with Gasteiger partial charge in [0.05, 0.1) is 34.4 Å². The summed E-state index contributed by atoms with van der Waals surface area (Å²) in [5, 5.41) is 0. The van der Waals surface area contributed by atoms with Crippen LogP contribution in [0.3, 0.4) is 0 Å². The first kappa shape index (κ1) is 69.6. The van der Waals surface area contributed by atoms with E-state index in [1.165, 1.54) is 70.6 Å². The topological polar surface area (TPSA) is 91.3 Å². The van der Waals surface area contributed by atoms with Crippen LogP contribution in [0.5, 0.6) is 0 Å². The lowest BCUT2D eigenvalue weighted by Gasteiger charge is -2.24. The van der Waals surface area contributed by atoms with Crippen LogP contribution in [0.25, 0.3) is 0 Å². The van der Waals surface area contributed by atoms with Gasteiger partial charge in [-0.15, -0.1) is 0 Å². The van der Waals surface area contributed by atoms with Gasteiger partial charge in [0.2, 0.25) is 0 Å². The molecule has 0 aliphatic heterocycles. The van der Waals surface area contributed by atoms with Crippen LogP contribution in [0.15, 0.2) is 134 Å². The maximum absolute atomic E-state index is 12.8. The molecule has 0 fully saturated rings. The predicted molar refractivity (Wildman–Crippen MR) is 316 cm³/mol. The Morgan fingerprint density at radius 1 is 0.425 bits per heavy atom. The Kier molecular flexibility index (Phi) is 52.4. The number of unbranched alkanes of at least 4 members (excludes halogenated alkanes) is 16. The molecule has 0 radical (unpaired) electrons. The fourth-order valence-electron chi connectivity index (χ4n) is 7.35. The van der Waals surface area contributed by atoms with Crippen molar-refractivity contribution in [2.45, 2.75) is 213 Å². The van der Waals surface area contributed by atoms with E-state index < -0.39 is 13.9 Å². The standard InChI is InChI=1S/C64H108NO7P/c1-6-8-10-12-14-16-18-20-22-24-26-28-30-32-34-36-38-40-42-44-46-48-50-52-54-56-59-69-61-63(62-71-73(67,68)70-60-58-65(3,4)5)72-64(66)57-55-53-51-49-47-45-43-41-39-37-35-33-31-29-27-25-23-21-19-17-15-13-11-9-7-2/h8-11,14-17,20-23,26-29,32-35,39,41,63H,6-7,12-13,18-19,24-25,30-31,36-38,40,42-62H2,1-5H3/p+1/b10-8-,11-9-,16-14-,17-15-,22-20-,23-21-,28-26-,29-27-,34-32-,35-33-,41-39-. The Morgan fingerprint density at radius 3 is 1.12 bits per heavy atom. The van der Waals surface area contributed by atoms with Crippen molar-refractivity contribution in [3.05, 3.63) is 134 Å². The van der Waals surface area contributed by atoms with E-state index in [9.17, 15) is 14.3 Å². The first-order valence-electron chi connectivity index (χ1n) is 28.9. The van der Waals surface area contributed by atoms with Crippen LogP contribution < -0.4 is 0 Å². The van der Waals surface area contributed by atoms with Crippen LogP contribution in [0, 0.1) is 0 Å². The molecule has 0 amide bonds. The van der Waals surface area contributed by atoms with E-state index in [2.05, 4.69) is 148 Å². The minimum atomic E-state index is -4.30. The van der Waals surface area contributed by atoms with Gasteiger partial charge in [-0.2, -0.15) is 0 Å². The second-order valence-corrected chi connectivity index (χ2v) is 21.4. The van der Waals surface area contributed by atoms with Crippen molar-refractivity contribution in [1.29, 1.82) is 0 Å². The number of phosphoric acid groups is 1. The Balaban J connectivity index is 4.17. The number of allylic oxidation sites excluding steroid dienone is 22. The number of likely N-dealkylation sites (N-methyl/N-ethyl adjacent to an activating group) is 1. The van der Waals surface area contributed by atoms with Crippen LogP contribution in [0.4, 0.5) is 0 Å². The highest BCUT2D eigenvalue weighted by Gasteiger charge is 2.26. The van der Waals surface area contributed by atoms with Gasteiger partial charge in [-0.1, -0.05) is 225 Å². The van der Waals surface area contributed by atoms with Crippen molar-refractivity contribution >= 4 is 13.8 Å². The molecular weight excluding hydrogens is 926 g/mol. The third-order valence-corrected chi connectivity index (χ3v) is 12.7. The van der Waals surface area contributed by atoms with Gasteiger partial charge in [0.1, 0.15) is 19.3 Å². The molecule has 2 unspecified atom stereocenters. The largest absolute Gasteiger partial charge is 0.472 e. The van der Waals surface area contributed by atoms with E-state index in [0.29, 0.717) is 24.1 Å². The van der Waals surface area contributed by atoms with Gasteiger partial charge in [0.25, 0.3) is 0 Å². The molecule has 2 atom stereocenters. The zero-order valence-corrected chi connectivity index (χ0v) is 48.2. The van der Waals surface area contributed by atoms with Gasteiger partial charge in [-0.25, -0.2) is 4.57 Å². The van der Waals surface area contributed by atoms with Crippen molar-refractivity contribution in [2.75, 3.05) is 54.1 Å². The highest BCUT2D eigenvalue weighted by atomic mass is 31.2. The molecule has 0 aromatic carbocycles. The Bertz CT molecular complexity index is 1630. The summed E-state index contributed by atoms with van der Waals surface area (Å²) in [5.74, 6) is -0.334. The number of esters is 1. The summed E-state index contributed by atoms with van der Waals surface area (Å²) in [6, 6.07) is 0. The van der Waals surface area contributed by atoms with Crippen molar-refractivity contribution in [1.82, 2.24) is 0 Å². The molecule has 8 nitrogen and oxygen atoms in total. The van der Waals surface area contributed by atoms with Gasteiger partial charge in [-0.3, -0.25) is 13.8 Å². The van der Waals surface area contributed by atoms with E-state index in [-0.39, 0.29) is 25.8 Å². The fourth-order valence-corrected chi connectivity index (χ4v) is 8.09. The summed E-state index contributed by atoms with van der Waals surface area (Å²) >= 11 is 0. The van der Waals surface area contributed by atoms with Crippen LogP contribution in [0.1, 0.15) is 206 Å². The van der Waals surface area contributed by atoms with Gasteiger partial charge in [-0.05, 0) is 109 Å². The summed E-state index contributed by atoms with van der Waals surface area (Å²) in [6.45, 7) is 5.34. The molecule has 1 N–H and O–H groups in total. The Morgan fingerprint density at radius 2 is 0.753 bits per heavy atom. The molecule has 73 heavy (non-hydrogen) atoms. The number of carbonyl (C=O) groups excluding carboxylic acids is 1. The molecule has 0 rings (SSSR count). The maximum Gasteiger partial charge on any atom is 0.472 e. The second kappa shape index (κ2) is 54.9. The predicted octanol–water partition coefficient (Wildman–Crippen LogP) is 18.6. The van der Waals surface area contributed by atoms with Crippen molar-refractivity contribution in [3.63, 3.8) is 0 Å². The Labute approximate surface area is 449 Å². The van der Waals surface area contributed by atoms with Crippen LogP contribution in [-0.2, 0) is 27.9 Å². The molecule has 0 aromatic rings. The van der Waals surface area contributed by atoms with E-state index in [0.717, 1.165) is 116 Å². The molecule has 0 aliphatic carbocycles. The lowest BCUT2D eigenvalue weighted by Crippen LogP contribution is -2.37. The number of carbonyl (C=O) groups is 1. The molecule has 0 saturated carbocycles. The molecule has 416 valence electrons. The molecule has 0 aliphatic rings. The first-order valence-corrected chi connectivity index (χ1v) is 30.4. The lowest BCUT2D eigenvalue weighted by atomic mass is 10.1. The summed E-state index contributed by atoms with van der Waals surface area (Å²) in [6.07, 6.45) is 80.8. The van der Waals surface area contributed by atoms with E-state index in [1.54, 1.807) is 0 Å². The van der Waals surface area contributed by atoms with E-state index in [1.807, 2.05) is 21.1 Å². The molecule has 0 saturated heterocycles. The average Bonchev–Trinajstić information content (AvgIpc) is 3.35. The smallest absolute Gasteiger partial charge is 0.457 e. The zero-order chi connectivity index (χ0) is 53.3. The molecule has 0 aromatic heterocycles. The maximum atomic E-state index is 12.8. The van der Waals surface area contributed by atoms with Gasteiger partial charge < -0.3 is 18.9 Å². The molecule has 9 heteroatoms. The SMILES string of the molecule is CC/C=C\C/C=C\C/C=C\C/C=C\C/C=C\C/C=C\CCCCCCCCC(=O)OC(COCCCCCCCCCCCC/C=C\C/C=C\C/C=C\C/C=C\C/C=C\CC)COP(=O)(O)OCC[N+](C)(C)C. The van der Waals surface area contributed by atoms with Crippen molar-refractivity contribution in [3.8, 4) is 0 Å². The minimum Gasteiger partial charge on any atom is -0.457 e. The van der Waals surface area contributed by atoms with Gasteiger partial charge >= 0.3 is 13.8 Å². The molecule has 0 bridgehead atoms. The molecule has 0 spiro atoms. The van der Waals surface area contributed by atoms with Gasteiger partial charge in [0.15, 0.2) is 0 Å². The quantitative estimate of drug-likeness (QED) is 0.0213. The third-order valence-electron chi connectivity index (χ3n) is 11.7. The summed E-state index contributed by atoms with van der Waals surface area (Å²) in [5.41, 5.74) is 0. The molecule has 0 heterocycles. The minimum absolute atomic E-state index is 0.0766. The van der Waals surface area contributed by atoms with Crippen molar-refractivity contribution < 1.29 is 37.3 Å². The van der Waals surface area contributed by atoms with Gasteiger partial charge in [0, 0.05) is 13.0 Å². The molecular formula is C64H109NO7P+. The van der Waals surface area contributed by atoms with E-state index in [4.69, 9.17) is 18.5 Å². The average molecular weight is 1040 g/mol. The fraction of sp³-hybridized carbons (Fsp3) is 0.641. The monoisotopic (exact) mass is 1030 g/mol. The number of hydrogen-bond acceptors (Lipinski definition) is 6. The summed E-state index contributed by atoms with van der Waals surface area (Å²) in [7, 11) is 1.63. The normalized spacial score (nSPS) is 14.4. The van der Waals surface area contributed by atoms with E-state index >= 15 is 0 Å². The highest BCUT2D eigenvalue weighted by Crippen LogP contribution is 2.43. The van der Waals surface area contributed by atoms with Crippen molar-refractivity contribution in [2.24, 2.45) is 0 Å². The first-order chi connectivity index (χ1) is 35.6. The number of hydrogen-bond donors (Lipinski definition) is 1. The summed E-state index contributed by atoms with van der Waals surface area (Å²) < 4.78 is 35.3. The zero-order valence-electron chi connectivity index (χ0n) is 47.3. The van der Waals surface area contributed by atoms with Crippen LogP contribution in [-0.4, -0.2) is 75.6 Å². The lowest BCUT2D eigenvalue weighted by molar-refractivity contribution is -0.870. The number of rotatable bonds is 52. The number of ether oxygens (including phenoxy) is 2. The van der Waals surface area contributed by atoms with Crippen LogP contribution in [0.2, 0.25) is 0 Å². The number of nitrogens with zero attached hydrogens (tertiary/aromatic N) is 1. The highest BCUT2D eigenvalue weighted by molar-refractivity contribution is 7.47.